The predicted octanol–water partition coefficient (Wildman–Crippen LogP) is 3.80. The van der Waals surface area contributed by atoms with Gasteiger partial charge in [0.15, 0.2) is 5.82 Å². The monoisotopic (exact) mass is 353 g/mol. The summed E-state index contributed by atoms with van der Waals surface area (Å²) < 4.78 is 2.17. The van der Waals surface area contributed by atoms with Crippen molar-refractivity contribution in [1.29, 1.82) is 0 Å². The van der Waals surface area contributed by atoms with Gasteiger partial charge >= 0.3 is 0 Å². The predicted molar refractivity (Wildman–Crippen MR) is 103 cm³/mol. The zero-order valence-corrected chi connectivity index (χ0v) is 16.5. The van der Waals surface area contributed by atoms with E-state index in [0.717, 1.165) is 25.2 Å². The van der Waals surface area contributed by atoms with Crippen LogP contribution in [0.4, 0.5) is 0 Å². The molecule has 2 aliphatic heterocycles. The van der Waals surface area contributed by atoms with Gasteiger partial charge in [-0.1, -0.05) is 57.5 Å². The van der Waals surface area contributed by atoms with E-state index in [-0.39, 0.29) is 11.0 Å². The molecule has 5 heteroatoms. The molecule has 2 aromatic rings. The molecule has 0 spiro atoms. The van der Waals surface area contributed by atoms with Crippen molar-refractivity contribution in [3.63, 3.8) is 0 Å². The number of benzene rings is 1. The highest BCUT2D eigenvalue weighted by Crippen LogP contribution is 2.48. The number of aromatic nitrogens is 4. The van der Waals surface area contributed by atoms with Crippen molar-refractivity contribution in [3.05, 3.63) is 41.7 Å². The number of tetrazole rings is 1. The molecule has 4 rings (SSSR count). The fraction of sp³-hybridized carbons (Fsp3) is 0.667. The van der Waals surface area contributed by atoms with Gasteiger partial charge in [-0.25, -0.2) is 4.68 Å². The fourth-order valence-corrected chi connectivity index (χ4v) is 5.12. The van der Waals surface area contributed by atoms with Crippen LogP contribution in [-0.4, -0.2) is 37.2 Å². The lowest BCUT2D eigenvalue weighted by Crippen LogP contribution is -2.48. The standard InChI is InChI=1S/C21H31N5/c1-20(2,3)18-14-21(4)17(25(18)15-16-10-6-5-7-11-16)12-8-9-13-19-22-23-24-26(19)21/h5-7,10-11,17-18H,8-9,12-15H2,1-4H3/t17-,18-,21-/m0/s1. The van der Waals surface area contributed by atoms with Crippen molar-refractivity contribution in [1.82, 2.24) is 25.1 Å². The number of fused-ring (bicyclic) bond motifs is 3. The quantitative estimate of drug-likeness (QED) is 0.824. The lowest BCUT2D eigenvalue weighted by molar-refractivity contribution is 0.0781. The average molecular weight is 354 g/mol. The Morgan fingerprint density at radius 2 is 1.92 bits per heavy atom. The molecule has 0 saturated carbocycles. The average Bonchev–Trinajstić information content (AvgIpc) is 3.15. The molecule has 140 valence electrons. The van der Waals surface area contributed by atoms with Crippen LogP contribution in [0.2, 0.25) is 0 Å². The van der Waals surface area contributed by atoms with Crippen molar-refractivity contribution in [2.24, 2.45) is 5.41 Å². The summed E-state index contributed by atoms with van der Waals surface area (Å²) >= 11 is 0. The van der Waals surface area contributed by atoms with Crippen LogP contribution >= 0.6 is 0 Å². The molecule has 1 aromatic carbocycles. The van der Waals surface area contributed by atoms with E-state index in [1.807, 2.05) is 0 Å². The van der Waals surface area contributed by atoms with E-state index < -0.39 is 0 Å². The zero-order valence-electron chi connectivity index (χ0n) is 16.5. The molecular weight excluding hydrogens is 322 g/mol. The van der Waals surface area contributed by atoms with Crippen LogP contribution in [0.1, 0.15) is 64.8 Å². The molecule has 0 aliphatic carbocycles. The van der Waals surface area contributed by atoms with Gasteiger partial charge in [0.05, 0.1) is 5.54 Å². The van der Waals surface area contributed by atoms with Crippen molar-refractivity contribution in [2.75, 3.05) is 0 Å². The Morgan fingerprint density at radius 1 is 1.15 bits per heavy atom. The minimum absolute atomic E-state index is 0.0357. The van der Waals surface area contributed by atoms with Crippen LogP contribution < -0.4 is 0 Å². The maximum Gasteiger partial charge on any atom is 0.151 e. The summed E-state index contributed by atoms with van der Waals surface area (Å²) in [5, 5.41) is 12.8. The lowest BCUT2D eigenvalue weighted by atomic mass is 9.80. The Bertz CT molecular complexity index is 747. The third kappa shape index (κ3) is 2.96. The molecule has 3 atom stereocenters. The Labute approximate surface area is 156 Å². The van der Waals surface area contributed by atoms with Gasteiger partial charge in [0.2, 0.25) is 0 Å². The van der Waals surface area contributed by atoms with Gasteiger partial charge in [0.25, 0.3) is 0 Å². The summed E-state index contributed by atoms with van der Waals surface area (Å²) in [5.41, 5.74) is 1.57. The van der Waals surface area contributed by atoms with Crippen LogP contribution in [0, 0.1) is 5.41 Å². The van der Waals surface area contributed by atoms with Gasteiger partial charge < -0.3 is 0 Å². The summed E-state index contributed by atoms with van der Waals surface area (Å²) in [4.78, 5) is 2.76. The summed E-state index contributed by atoms with van der Waals surface area (Å²) in [6.45, 7) is 10.5. The van der Waals surface area contributed by atoms with E-state index in [4.69, 9.17) is 0 Å². The lowest BCUT2D eigenvalue weighted by Gasteiger charge is -2.39. The third-order valence-corrected chi connectivity index (χ3v) is 6.48. The molecule has 0 unspecified atom stereocenters. The van der Waals surface area contributed by atoms with E-state index in [9.17, 15) is 0 Å². The summed E-state index contributed by atoms with van der Waals surface area (Å²) in [6, 6.07) is 11.9. The molecule has 5 nitrogen and oxygen atoms in total. The number of nitrogens with zero attached hydrogens (tertiary/aromatic N) is 5. The second kappa shape index (κ2) is 6.45. The largest absolute Gasteiger partial charge is 0.290 e. The van der Waals surface area contributed by atoms with Crippen LogP contribution in [0.15, 0.2) is 30.3 Å². The Morgan fingerprint density at radius 3 is 2.65 bits per heavy atom. The van der Waals surface area contributed by atoms with Crippen molar-refractivity contribution in [2.45, 2.75) is 84.0 Å². The van der Waals surface area contributed by atoms with Crippen molar-refractivity contribution < 1.29 is 0 Å². The van der Waals surface area contributed by atoms with Crippen LogP contribution in [0.3, 0.4) is 0 Å². The van der Waals surface area contributed by atoms with E-state index in [0.29, 0.717) is 12.1 Å². The van der Waals surface area contributed by atoms with Crippen LogP contribution in [-0.2, 0) is 18.5 Å². The highest BCUT2D eigenvalue weighted by atomic mass is 15.6. The molecule has 1 fully saturated rings. The first-order valence-electron chi connectivity index (χ1n) is 9.97. The minimum atomic E-state index is -0.0357. The normalized spacial score (nSPS) is 29.7. The van der Waals surface area contributed by atoms with Crippen molar-refractivity contribution in [3.8, 4) is 0 Å². The molecular formula is C21H31N5. The number of aryl methyl sites for hydroxylation is 1. The van der Waals surface area contributed by atoms with E-state index >= 15 is 0 Å². The van der Waals surface area contributed by atoms with Gasteiger partial charge in [0, 0.05) is 25.0 Å². The number of hydrogen-bond acceptors (Lipinski definition) is 4. The Kier molecular flexibility index (Phi) is 4.38. The summed E-state index contributed by atoms with van der Waals surface area (Å²) in [6.07, 6.45) is 5.73. The van der Waals surface area contributed by atoms with Gasteiger partial charge in [-0.15, -0.1) is 5.10 Å². The molecule has 1 aromatic heterocycles. The molecule has 1 saturated heterocycles. The molecule has 0 bridgehead atoms. The highest BCUT2D eigenvalue weighted by molar-refractivity contribution is 5.17. The topological polar surface area (TPSA) is 46.8 Å². The third-order valence-electron chi connectivity index (χ3n) is 6.48. The number of hydrogen-bond donors (Lipinski definition) is 0. The number of rotatable bonds is 2. The Hall–Kier alpha value is -1.75. The maximum absolute atomic E-state index is 4.46. The van der Waals surface area contributed by atoms with Gasteiger partial charge in [-0.3, -0.25) is 4.90 Å². The first kappa shape index (κ1) is 17.7. The van der Waals surface area contributed by atoms with Gasteiger partial charge in [-0.2, -0.15) is 0 Å². The first-order valence-corrected chi connectivity index (χ1v) is 9.97. The van der Waals surface area contributed by atoms with Crippen LogP contribution in [0.25, 0.3) is 0 Å². The van der Waals surface area contributed by atoms with Crippen LogP contribution in [0.5, 0.6) is 0 Å². The second-order valence-electron chi connectivity index (χ2n) is 9.37. The SMILES string of the molecule is CC(C)(C)[C@@H]1C[C@@]2(C)[C@H](CCCCc3nnnn32)N1Cc1ccccc1. The fourth-order valence-electron chi connectivity index (χ4n) is 5.12. The highest BCUT2D eigenvalue weighted by Gasteiger charge is 2.54. The smallest absolute Gasteiger partial charge is 0.151 e. The molecule has 0 amide bonds. The first-order chi connectivity index (χ1) is 12.4. The van der Waals surface area contributed by atoms with E-state index in [2.05, 4.69) is 83.1 Å². The van der Waals surface area contributed by atoms with E-state index in [1.165, 1.54) is 24.8 Å². The minimum Gasteiger partial charge on any atom is -0.290 e. The molecule has 3 heterocycles. The number of likely N-dealkylation sites (tertiary alicyclic amines) is 1. The van der Waals surface area contributed by atoms with Crippen molar-refractivity contribution >= 4 is 0 Å². The summed E-state index contributed by atoms with van der Waals surface area (Å²) in [5.74, 6) is 1.06. The van der Waals surface area contributed by atoms with Gasteiger partial charge in [0.1, 0.15) is 0 Å². The second-order valence-corrected chi connectivity index (χ2v) is 9.37. The Balaban J connectivity index is 1.76. The maximum atomic E-state index is 4.46. The molecule has 26 heavy (non-hydrogen) atoms. The van der Waals surface area contributed by atoms with E-state index in [1.54, 1.807) is 0 Å². The molecule has 0 radical (unpaired) electrons. The zero-order chi connectivity index (χ0) is 18.4. The molecule has 0 N–H and O–H groups in total. The summed E-state index contributed by atoms with van der Waals surface area (Å²) in [7, 11) is 0. The van der Waals surface area contributed by atoms with Gasteiger partial charge in [-0.05, 0) is 47.6 Å². The molecule has 2 aliphatic rings.